The molecule has 5 heteroatoms. The van der Waals surface area contributed by atoms with Crippen LogP contribution in [0.15, 0.2) is 0 Å². The number of methoxy groups -OCH3 is 1. The van der Waals surface area contributed by atoms with Gasteiger partial charge in [0.2, 0.25) is 0 Å². The van der Waals surface area contributed by atoms with Gasteiger partial charge in [-0.15, -0.1) is 0 Å². The SMILES string of the molecule is [2H]C([2H])([2H])O[C@@H]1CCN(C(=O)OCCCC)C[C@@H]1F. The zero-order chi connectivity index (χ0) is 14.5. The van der Waals surface area contributed by atoms with Crippen molar-refractivity contribution >= 4 is 6.09 Å². The number of nitrogens with zero attached hydrogens (tertiary/aromatic N) is 1. The molecule has 1 amide bonds. The molecule has 0 saturated carbocycles. The minimum atomic E-state index is -2.61. The van der Waals surface area contributed by atoms with Gasteiger partial charge in [0.25, 0.3) is 0 Å². The predicted molar refractivity (Wildman–Crippen MR) is 58.1 cm³/mol. The first-order valence-corrected chi connectivity index (χ1v) is 5.57. The van der Waals surface area contributed by atoms with Gasteiger partial charge in [0.05, 0.1) is 23.4 Å². The number of amides is 1. The zero-order valence-electron chi connectivity index (χ0n) is 12.4. The summed E-state index contributed by atoms with van der Waals surface area (Å²) in [5.74, 6) is 0. The molecule has 0 radical (unpaired) electrons. The number of alkyl halides is 1. The lowest BCUT2D eigenvalue weighted by Gasteiger charge is -2.33. The van der Waals surface area contributed by atoms with E-state index in [1.807, 2.05) is 6.92 Å². The second-order valence-electron chi connectivity index (χ2n) is 3.87. The molecule has 0 aromatic heterocycles. The summed E-state index contributed by atoms with van der Waals surface area (Å²) >= 11 is 0. The number of carbonyl (C=O) groups excluding carboxylic acids is 1. The standard InChI is InChI=1S/C11H20FNO3/c1-3-4-7-16-11(14)13-6-5-10(15-2)9(12)8-13/h9-10H,3-8H2,1-2H3/t9-,10+/m0/s1/i2D3. The molecule has 0 unspecified atom stereocenters. The Labute approximate surface area is 99.9 Å². The number of carbonyl (C=O) groups is 1. The first-order valence-electron chi connectivity index (χ1n) is 7.07. The van der Waals surface area contributed by atoms with E-state index in [0.29, 0.717) is 6.61 Å². The molecule has 0 N–H and O–H groups in total. The smallest absolute Gasteiger partial charge is 0.409 e. The maximum absolute atomic E-state index is 13.8. The van der Waals surface area contributed by atoms with Gasteiger partial charge in [-0.25, -0.2) is 9.18 Å². The lowest BCUT2D eigenvalue weighted by atomic mass is 10.1. The molecule has 4 nitrogen and oxygen atoms in total. The van der Waals surface area contributed by atoms with Crippen LogP contribution in [0, 0.1) is 0 Å². The molecule has 0 bridgehead atoms. The number of halogens is 1. The number of ether oxygens (including phenoxy) is 2. The van der Waals surface area contributed by atoms with Crippen LogP contribution in [0.1, 0.15) is 30.3 Å². The van der Waals surface area contributed by atoms with Gasteiger partial charge in [-0.2, -0.15) is 0 Å². The Morgan fingerprint density at radius 2 is 2.50 bits per heavy atom. The predicted octanol–water partition coefficient (Wildman–Crippen LogP) is 1.98. The molecular weight excluding hydrogens is 213 g/mol. The highest BCUT2D eigenvalue weighted by atomic mass is 19.1. The summed E-state index contributed by atoms with van der Waals surface area (Å²) in [5.41, 5.74) is 0. The number of hydrogen-bond donors (Lipinski definition) is 0. The number of hydrogen-bond acceptors (Lipinski definition) is 3. The molecule has 1 heterocycles. The molecule has 2 atom stereocenters. The molecule has 1 rings (SSSR count). The fourth-order valence-electron chi connectivity index (χ4n) is 1.58. The fraction of sp³-hybridized carbons (Fsp3) is 0.909. The third-order valence-corrected chi connectivity index (χ3v) is 2.61. The quantitative estimate of drug-likeness (QED) is 0.701. The summed E-state index contributed by atoms with van der Waals surface area (Å²) in [4.78, 5) is 12.8. The Morgan fingerprint density at radius 3 is 3.12 bits per heavy atom. The van der Waals surface area contributed by atoms with E-state index in [1.165, 1.54) is 4.90 Å². The van der Waals surface area contributed by atoms with E-state index in [4.69, 9.17) is 8.85 Å². The van der Waals surface area contributed by atoms with E-state index in [2.05, 4.69) is 4.74 Å². The van der Waals surface area contributed by atoms with Crippen molar-refractivity contribution in [2.45, 2.75) is 38.5 Å². The topological polar surface area (TPSA) is 38.8 Å². The van der Waals surface area contributed by atoms with Crippen molar-refractivity contribution in [1.82, 2.24) is 4.90 Å². The van der Waals surface area contributed by atoms with Gasteiger partial charge >= 0.3 is 6.09 Å². The maximum Gasteiger partial charge on any atom is 0.409 e. The largest absolute Gasteiger partial charge is 0.449 e. The molecule has 1 fully saturated rings. The summed E-state index contributed by atoms with van der Waals surface area (Å²) in [7, 11) is -2.61. The summed E-state index contributed by atoms with van der Waals surface area (Å²) in [6.07, 6.45) is -1.22. The maximum atomic E-state index is 13.8. The van der Waals surface area contributed by atoms with Gasteiger partial charge < -0.3 is 14.4 Å². The average molecular weight is 236 g/mol. The second-order valence-corrected chi connectivity index (χ2v) is 3.87. The van der Waals surface area contributed by atoms with Gasteiger partial charge in [0, 0.05) is 13.6 Å². The highest BCUT2D eigenvalue weighted by molar-refractivity contribution is 5.67. The van der Waals surface area contributed by atoms with Crippen LogP contribution >= 0.6 is 0 Å². The van der Waals surface area contributed by atoms with Crippen LogP contribution in [0.3, 0.4) is 0 Å². The van der Waals surface area contributed by atoms with Crippen molar-refractivity contribution in [2.75, 3.05) is 26.7 Å². The molecule has 1 aliphatic rings. The van der Waals surface area contributed by atoms with Crippen LogP contribution in [0.4, 0.5) is 9.18 Å². The lowest BCUT2D eigenvalue weighted by Crippen LogP contribution is -2.48. The number of rotatable bonds is 4. The van der Waals surface area contributed by atoms with Crippen molar-refractivity contribution in [1.29, 1.82) is 0 Å². The van der Waals surface area contributed by atoms with Crippen molar-refractivity contribution in [3.63, 3.8) is 0 Å². The molecule has 1 saturated heterocycles. The van der Waals surface area contributed by atoms with Crippen LogP contribution in [-0.2, 0) is 9.47 Å². The van der Waals surface area contributed by atoms with Gasteiger partial charge in [0.1, 0.15) is 6.17 Å². The van der Waals surface area contributed by atoms with Crippen molar-refractivity contribution in [3.05, 3.63) is 0 Å². The highest BCUT2D eigenvalue weighted by Gasteiger charge is 2.32. The lowest BCUT2D eigenvalue weighted by molar-refractivity contribution is -0.0215. The van der Waals surface area contributed by atoms with Crippen molar-refractivity contribution < 1.29 is 22.8 Å². The van der Waals surface area contributed by atoms with Gasteiger partial charge in [-0.05, 0) is 12.8 Å². The first-order chi connectivity index (χ1) is 8.83. The molecular formula is C11H20FNO3. The number of likely N-dealkylation sites (tertiary alicyclic amines) is 1. The van der Waals surface area contributed by atoms with E-state index in [-0.39, 0.29) is 19.5 Å². The van der Waals surface area contributed by atoms with Crippen molar-refractivity contribution in [2.24, 2.45) is 0 Å². The van der Waals surface area contributed by atoms with Crippen LogP contribution in [0.2, 0.25) is 0 Å². The Kier molecular flexibility index (Phi) is 3.85. The third kappa shape index (κ3) is 3.63. The second kappa shape index (κ2) is 6.68. The summed E-state index contributed by atoms with van der Waals surface area (Å²) in [6.45, 7) is 2.35. The van der Waals surface area contributed by atoms with Gasteiger partial charge in [-0.3, -0.25) is 0 Å². The first kappa shape index (κ1) is 9.22. The van der Waals surface area contributed by atoms with E-state index in [1.54, 1.807) is 0 Å². The minimum absolute atomic E-state index is 0.155. The van der Waals surface area contributed by atoms with E-state index < -0.39 is 25.4 Å². The van der Waals surface area contributed by atoms with E-state index >= 15 is 0 Å². The summed E-state index contributed by atoms with van der Waals surface area (Å²) < 4.78 is 44.2. The Bertz CT molecular complexity index is 301. The van der Waals surface area contributed by atoms with Crippen molar-refractivity contribution in [3.8, 4) is 0 Å². The third-order valence-electron chi connectivity index (χ3n) is 2.61. The Hall–Kier alpha value is -0.840. The van der Waals surface area contributed by atoms with Crippen LogP contribution in [0.25, 0.3) is 0 Å². The van der Waals surface area contributed by atoms with E-state index in [9.17, 15) is 9.18 Å². The zero-order valence-corrected chi connectivity index (χ0v) is 9.45. The molecule has 0 aliphatic carbocycles. The number of unbranched alkanes of at least 4 members (excludes halogenated alkanes) is 1. The highest BCUT2D eigenvalue weighted by Crippen LogP contribution is 2.17. The minimum Gasteiger partial charge on any atom is -0.449 e. The van der Waals surface area contributed by atoms with Crippen LogP contribution in [-0.4, -0.2) is 50.0 Å². The normalized spacial score (nSPS) is 29.1. The molecule has 0 spiro atoms. The summed E-state index contributed by atoms with van der Waals surface area (Å²) in [5, 5.41) is 0. The molecule has 1 aliphatic heterocycles. The molecule has 16 heavy (non-hydrogen) atoms. The van der Waals surface area contributed by atoms with E-state index in [0.717, 1.165) is 12.8 Å². The monoisotopic (exact) mass is 236 g/mol. The van der Waals surface area contributed by atoms with Gasteiger partial charge in [0.15, 0.2) is 0 Å². The van der Waals surface area contributed by atoms with Gasteiger partial charge in [-0.1, -0.05) is 13.3 Å². The Morgan fingerprint density at radius 1 is 1.69 bits per heavy atom. The Balaban J connectivity index is 2.38. The average Bonchev–Trinajstić information content (AvgIpc) is 2.30. The number of piperidine rings is 1. The molecule has 0 aromatic carbocycles. The molecule has 94 valence electrons. The summed E-state index contributed by atoms with van der Waals surface area (Å²) in [6, 6.07) is 0. The molecule has 0 aromatic rings. The van der Waals surface area contributed by atoms with Crippen LogP contribution in [0.5, 0.6) is 0 Å². The van der Waals surface area contributed by atoms with Crippen LogP contribution < -0.4 is 0 Å². The fourth-order valence-corrected chi connectivity index (χ4v) is 1.58.